The molecule has 0 unspecified atom stereocenters. The summed E-state index contributed by atoms with van der Waals surface area (Å²) in [7, 11) is 0. The number of esters is 1. The van der Waals surface area contributed by atoms with Gasteiger partial charge in [-0.3, -0.25) is 0 Å². The number of carbonyl (C=O) groups is 1. The Hall–Kier alpha value is -1.51. The van der Waals surface area contributed by atoms with Gasteiger partial charge in [-0.2, -0.15) is 0 Å². The van der Waals surface area contributed by atoms with Crippen LogP contribution in [0.5, 0.6) is 0 Å². The minimum Gasteiger partial charge on any atom is -0.460 e. The van der Waals surface area contributed by atoms with Crippen LogP contribution in [-0.2, 0) is 4.74 Å². The van der Waals surface area contributed by atoms with E-state index in [0.29, 0.717) is 6.61 Å². The smallest absolute Gasteiger partial charge is 0.374 e. The van der Waals surface area contributed by atoms with E-state index in [1.54, 1.807) is 12.1 Å². The monoisotopic (exact) mass is 194 g/mol. The fourth-order valence-electron chi connectivity index (χ4n) is 0.970. The van der Waals surface area contributed by atoms with Gasteiger partial charge in [0.15, 0.2) is 0 Å². The third-order valence-electron chi connectivity index (χ3n) is 1.64. The Kier molecular flexibility index (Phi) is 4.55. The zero-order valence-corrected chi connectivity index (χ0v) is 8.23. The summed E-state index contributed by atoms with van der Waals surface area (Å²) in [4.78, 5) is 11.2. The second-order valence-corrected chi connectivity index (χ2v) is 2.78. The molecule has 3 heteroatoms. The normalized spacial score (nSPS) is 10.6. The number of furan rings is 1. The highest BCUT2D eigenvalue weighted by molar-refractivity contribution is 5.86. The Bertz CT molecular complexity index is 285. The van der Waals surface area contributed by atoms with Crippen molar-refractivity contribution in [1.29, 1.82) is 0 Å². The Morgan fingerprint density at radius 3 is 3.07 bits per heavy atom. The second-order valence-electron chi connectivity index (χ2n) is 2.78. The lowest BCUT2D eigenvalue weighted by atomic mass is 10.3. The first-order valence-corrected chi connectivity index (χ1v) is 4.70. The van der Waals surface area contributed by atoms with E-state index < -0.39 is 5.97 Å². The van der Waals surface area contributed by atoms with E-state index in [2.05, 4.69) is 6.92 Å². The van der Waals surface area contributed by atoms with Crippen LogP contribution in [0.4, 0.5) is 0 Å². The molecule has 0 spiro atoms. The van der Waals surface area contributed by atoms with Gasteiger partial charge in [-0.05, 0) is 25.0 Å². The van der Waals surface area contributed by atoms with Crippen LogP contribution in [0.1, 0.15) is 30.3 Å². The maximum absolute atomic E-state index is 11.2. The molecule has 0 aliphatic rings. The standard InChI is InChI=1S/C11H14O3/c1-2-3-4-5-8-14-11(12)10-7-6-9-13-10/h3-4,6-7,9H,2,5,8H2,1H3/b4-3-. The Morgan fingerprint density at radius 2 is 2.43 bits per heavy atom. The number of hydrogen-bond acceptors (Lipinski definition) is 3. The molecular formula is C11H14O3. The summed E-state index contributed by atoms with van der Waals surface area (Å²) in [6.07, 6.45) is 7.25. The van der Waals surface area contributed by atoms with Crippen molar-refractivity contribution < 1.29 is 13.9 Å². The van der Waals surface area contributed by atoms with Crippen molar-refractivity contribution in [3.63, 3.8) is 0 Å². The Balaban J connectivity index is 2.19. The molecule has 0 fully saturated rings. The Labute approximate surface area is 83.4 Å². The molecule has 1 aromatic heterocycles. The van der Waals surface area contributed by atoms with E-state index in [1.807, 2.05) is 12.2 Å². The third-order valence-corrected chi connectivity index (χ3v) is 1.64. The van der Waals surface area contributed by atoms with E-state index in [-0.39, 0.29) is 5.76 Å². The van der Waals surface area contributed by atoms with Gasteiger partial charge in [0, 0.05) is 0 Å². The summed E-state index contributed by atoms with van der Waals surface area (Å²) < 4.78 is 9.83. The molecule has 0 atom stereocenters. The SMILES string of the molecule is CC/C=C\CCOC(=O)c1ccco1. The van der Waals surface area contributed by atoms with Gasteiger partial charge >= 0.3 is 5.97 Å². The minimum atomic E-state index is -0.403. The van der Waals surface area contributed by atoms with E-state index in [0.717, 1.165) is 12.8 Å². The van der Waals surface area contributed by atoms with Crippen LogP contribution in [0.3, 0.4) is 0 Å². The van der Waals surface area contributed by atoms with Gasteiger partial charge in [-0.25, -0.2) is 4.79 Å². The molecule has 0 saturated heterocycles. The van der Waals surface area contributed by atoms with Crippen molar-refractivity contribution in [2.24, 2.45) is 0 Å². The molecule has 0 N–H and O–H groups in total. The number of rotatable bonds is 5. The summed E-state index contributed by atoms with van der Waals surface area (Å²) in [5, 5.41) is 0. The molecule has 14 heavy (non-hydrogen) atoms. The molecule has 3 nitrogen and oxygen atoms in total. The van der Waals surface area contributed by atoms with Gasteiger partial charge in [0.1, 0.15) is 0 Å². The third kappa shape index (κ3) is 3.47. The maximum atomic E-state index is 11.2. The average Bonchev–Trinajstić information content (AvgIpc) is 2.70. The van der Waals surface area contributed by atoms with Crippen LogP contribution in [0.15, 0.2) is 35.0 Å². The van der Waals surface area contributed by atoms with Crippen LogP contribution in [-0.4, -0.2) is 12.6 Å². The number of hydrogen-bond donors (Lipinski definition) is 0. The first-order chi connectivity index (χ1) is 6.84. The quantitative estimate of drug-likeness (QED) is 0.411. The van der Waals surface area contributed by atoms with Crippen molar-refractivity contribution in [3.8, 4) is 0 Å². The highest BCUT2D eigenvalue weighted by atomic mass is 16.5. The summed E-state index contributed by atoms with van der Waals surface area (Å²) in [5.41, 5.74) is 0. The number of carbonyl (C=O) groups excluding carboxylic acids is 1. The summed E-state index contributed by atoms with van der Waals surface area (Å²) in [6.45, 7) is 2.46. The first-order valence-electron chi connectivity index (χ1n) is 4.70. The van der Waals surface area contributed by atoms with Gasteiger partial charge in [0.25, 0.3) is 0 Å². The van der Waals surface area contributed by atoms with Crippen molar-refractivity contribution >= 4 is 5.97 Å². The molecule has 0 bridgehead atoms. The molecular weight excluding hydrogens is 180 g/mol. The molecule has 0 amide bonds. The van der Waals surface area contributed by atoms with Crippen molar-refractivity contribution in [2.45, 2.75) is 19.8 Å². The van der Waals surface area contributed by atoms with Crippen LogP contribution < -0.4 is 0 Å². The second kappa shape index (κ2) is 6.02. The summed E-state index contributed by atoms with van der Waals surface area (Å²) in [5.74, 6) is -0.149. The number of allylic oxidation sites excluding steroid dienone is 1. The van der Waals surface area contributed by atoms with Gasteiger partial charge < -0.3 is 9.15 Å². The lowest BCUT2D eigenvalue weighted by Gasteiger charge is -1.99. The molecule has 1 heterocycles. The van der Waals surface area contributed by atoms with Crippen molar-refractivity contribution in [1.82, 2.24) is 0 Å². The van der Waals surface area contributed by atoms with Crippen LogP contribution in [0.25, 0.3) is 0 Å². The molecule has 0 radical (unpaired) electrons. The molecule has 0 saturated carbocycles. The zero-order chi connectivity index (χ0) is 10.2. The van der Waals surface area contributed by atoms with E-state index in [9.17, 15) is 4.79 Å². The highest BCUT2D eigenvalue weighted by Gasteiger charge is 2.08. The topological polar surface area (TPSA) is 39.4 Å². The van der Waals surface area contributed by atoms with E-state index in [4.69, 9.17) is 9.15 Å². The van der Waals surface area contributed by atoms with Crippen LogP contribution in [0, 0.1) is 0 Å². The molecule has 76 valence electrons. The Morgan fingerprint density at radius 1 is 1.57 bits per heavy atom. The van der Waals surface area contributed by atoms with Gasteiger partial charge in [-0.1, -0.05) is 19.1 Å². The van der Waals surface area contributed by atoms with Crippen LogP contribution in [0.2, 0.25) is 0 Å². The van der Waals surface area contributed by atoms with Crippen LogP contribution >= 0.6 is 0 Å². The van der Waals surface area contributed by atoms with Gasteiger partial charge in [-0.15, -0.1) is 0 Å². The maximum Gasteiger partial charge on any atom is 0.374 e. The van der Waals surface area contributed by atoms with Gasteiger partial charge in [0.05, 0.1) is 12.9 Å². The zero-order valence-electron chi connectivity index (χ0n) is 8.23. The van der Waals surface area contributed by atoms with Crippen molar-refractivity contribution in [3.05, 3.63) is 36.3 Å². The average molecular weight is 194 g/mol. The molecule has 1 aromatic rings. The first kappa shape index (κ1) is 10.6. The van der Waals surface area contributed by atoms with Crippen molar-refractivity contribution in [2.75, 3.05) is 6.61 Å². The predicted octanol–water partition coefficient (Wildman–Crippen LogP) is 2.79. The number of ether oxygens (including phenoxy) is 1. The predicted molar refractivity (Wildman–Crippen MR) is 53.0 cm³/mol. The summed E-state index contributed by atoms with van der Waals surface area (Å²) >= 11 is 0. The summed E-state index contributed by atoms with van der Waals surface area (Å²) in [6, 6.07) is 3.25. The van der Waals surface area contributed by atoms with Gasteiger partial charge in [0.2, 0.25) is 5.76 Å². The molecule has 0 aromatic carbocycles. The molecule has 0 aliphatic carbocycles. The largest absolute Gasteiger partial charge is 0.460 e. The van der Waals surface area contributed by atoms with E-state index in [1.165, 1.54) is 6.26 Å². The lowest BCUT2D eigenvalue weighted by molar-refractivity contribution is 0.0475. The lowest BCUT2D eigenvalue weighted by Crippen LogP contribution is -2.04. The highest BCUT2D eigenvalue weighted by Crippen LogP contribution is 2.02. The fourth-order valence-corrected chi connectivity index (χ4v) is 0.970. The molecule has 0 aliphatic heterocycles. The molecule has 1 rings (SSSR count). The fraction of sp³-hybridized carbons (Fsp3) is 0.364. The minimum absolute atomic E-state index is 0.254. The van der Waals surface area contributed by atoms with E-state index >= 15 is 0 Å².